The number of ether oxygens (including phenoxy) is 1. The summed E-state index contributed by atoms with van der Waals surface area (Å²) in [5, 5.41) is 0. The first kappa shape index (κ1) is 14.7. The lowest BCUT2D eigenvalue weighted by molar-refractivity contribution is -0.129. The molecule has 0 heterocycles. The van der Waals surface area contributed by atoms with E-state index in [1.807, 2.05) is 48.5 Å². The van der Waals surface area contributed by atoms with Crippen LogP contribution in [0.3, 0.4) is 0 Å². The first-order chi connectivity index (χ1) is 8.79. The molecule has 98 valence electrons. The van der Waals surface area contributed by atoms with Crippen molar-refractivity contribution in [2.24, 2.45) is 0 Å². The van der Waals surface area contributed by atoms with Gasteiger partial charge in [-0.25, -0.2) is 4.79 Å². The van der Waals surface area contributed by atoms with Gasteiger partial charge in [-0.05, 0) is 17.2 Å². The highest BCUT2D eigenvalue weighted by molar-refractivity contribution is 5.83. The van der Waals surface area contributed by atoms with E-state index in [0.717, 1.165) is 12.0 Å². The lowest BCUT2D eigenvalue weighted by atomic mass is 10.0. The van der Waals surface area contributed by atoms with Crippen molar-refractivity contribution in [1.82, 2.24) is 0 Å². The Hall–Kier alpha value is -2.35. The minimum absolute atomic E-state index is 0. The van der Waals surface area contributed by atoms with Crippen LogP contribution in [-0.2, 0) is 11.2 Å². The quantitative estimate of drug-likeness (QED) is 0.468. The number of rotatable bonds is 4. The largest absolute Gasteiger partial charge is 0.423 e. The molecule has 0 atom stereocenters. The molecule has 0 saturated carbocycles. The van der Waals surface area contributed by atoms with Crippen molar-refractivity contribution in [1.29, 1.82) is 0 Å². The molecule has 0 N–H and O–H groups in total. The molecule has 2 heteroatoms. The number of hydrogen-bond acceptors (Lipinski definition) is 2. The van der Waals surface area contributed by atoms with Crippen LogP contribution in [0.4, 0.5) is 0 Å². The molecule has 0 aliphatic rings. The second kappa shape index (κ2) is 7.17. The first-order valence-electron chi connectivity index (χ1n) is 5.75. The maximum atomic E-state index is 11.2. The van der Waals surface area contributed by atoms with Gasteiger partial charge in [0.2, 0.25) is 0 Å². The van der Waals surface area contributed by atoms with Crippen LogP contribution in [0.2, 0.25) is 0 Å². The molecular formula is C17H18O2. The molecule has 0 aliphatic carbocycles. The lowest BCUT2D eigenvalue weighted by Gasteiger charge is -2.08. The number of hydrogen-bond donors (Lipinski definition) is 0. The van der Waals surface area contributed by atoms with Gasteiger partial charge in [-0.2, -0.15) is 0 Å². The van der Waals surface area contributed by atoms with Crippen LogP contribution < -0.4 is 4.74 Å². The highest BCUT2D eigenvalue weighted by atomic mass is 16.5. The van der Waals surface area contributed by atoms with Gasteiger partial charge in [-0.1, -0.05) is 62.5 Å². The predicted octanol–water partition coefficient (Wildman–Crippen LogP) is 4.00. The van der Waals surface area contributed by atoms with Gasteiger partial charge in [-0.3, -0.25) is 0 Å². The standard InChI is InChI=1S/C16H14O2.CH4/c1-2-16(17)18-15-11-7-6-10-14(15)12-13-8-4-3-5-9-13;/h2-11H,1,12H2;1H4. The van der Waals surface area contributed by atoms with E-state index >= 15 is 0 Å². The average Bonchev–Trinajstić information content (AvgIpc) is 2.42. The fraction of sp³-hybridized carbons (Fsp3) is 0.118. The third-order valence-electron chi connectivity index (χ3n) is 2.59. The summed E-state index contributed by atoms with van der Waals surface area (Å²) >= 11 is 0. The van der Waals surface area contributed by atoms with Gasteiger partial charge in [0.25, 0.3) is 0 Å². The van der Waals surface area contributed by atoms with Gasteiger partial charge in [-0.15, -0.1) is 0 Å². The van der Waals surface area contributed by atoms with Crippen molar-refractivity contribution >= 4 is 5.97 Å². The highest BCUT2D eigenvalue weighted by Crippen LogP contribution is 2.21. The number of para-hydroxylation sites is 1. The molecular weight excluding hydrogens is 236 g/mol. The highest BCUT2D eigenvalue weighted by Gasteiger charge is 2.06. The Labute approximate surface area is 114 Å². The summed E-state index contributed by atoms with van der Waals surface area (Å²) in [7, 11) is 0. The van der Waals surface area contributed by atoms with Crippen molar-refractivity contribution in [2.75, 3.05) is 0 Å². The molecule has 2 aromatic carbocycles. The van der Waals surface area contributed by atoms with Crippen LogP contribution >= 0.6 is 0 Å². The molecule has 0 spiro atoms. The van der Waals surface area contributed by atoms with Gasteiger partial charge in [0, 0.05) is 12.5 Å². The van der Waals surface area contributed by atoms with E-state index < -0.39 is 5.97 Å². The van der Waals surface area contributed by atoms with Gasteiger partial charge < -0.3 is 4.74 Å². The molecule has 0 unspecified atom stereocenters. The van der Waals surface area contributed by atoms with Crippen LogP contribution in [0.25, 0.3) is 0 Å². The van der Waals surface area contributed by atoms with E-state index in [0.29, 0.717) is 5.75 Å². The summed E-state index contributed by atoms with van der Waals surface area (Å²) in [4.78, 5) is 11.2. The van der Waals surface area contributed by atoms with Crippen LogP contribution in [0.5, 0.6) is 5.75 Å². The maximum Gasteiger partial charge on any atom is 0.335 e. The first-order valence-corrected chi connectivity index (χ1v) is 5.75. The van der Waals surface area contributed by atoms with Gasteiger partial charge >= 0.3 is 5.97 Å². The Morgan fingerprint density at radius 1 is 1.05 bits per heavy atom. The molecule has 0 fully saturated rings. The average molecular weight is 254 g/mol. The second-order valence-electron chi connectivity index (χ2n) is 3.90. The topological polar surface area (TPSA) is 26.3 Å². The van der Waals surface area contributed by atoms with E-state index in [1.54, 1.807) is 6.07 Å². The van der Waals surface area contributed by atoms with Crippen LogP contribution in [-0.4, -0.2) is 5.97 Å². The van der Waals surface area contributed by atoms with E-state index in [9.17, 15) is 4.79 Å². The minimum atomic E-state index is -0.435. The van der Waals surface area contributed by atoms with Gasteiger partial charge in [0.05, 0.1) is 0 Å². The molecule has 2 aromatic rings. The van der Waals surface area contributed by atoms with Crippen LogP contribution in [0.15, 0.2) is 67.3 Å². The summed E-state index contributed by atoms with van der Waals surface area (Å²) in [6, 6.07) is 17.6. The molecule has 0 radical (unpaired) electrons. The predicted molar refractivity (Wildman–Crippen MR) is 78.3 cm³/mol. The van der Waals surface area contributed by atoms with Gasteiger partial charge in [0.15, 0.2) is 0 Å². The van der Waals surface area contributed by atoms with Crippen molar-refractivity contribution in [2.45, 2.75) is 13.8 Å². The third-order valence-corrected chi connectivity index (χ3v) is 2.59. The minimum Gasteiger partial charge on any atom is -0.423 e. The fourth-order valence-corrected chi connectivity index (χ4v) is 1.72. The Kier molecular flexibility index (Phi) is 5.55. The van der Waals surface area contributed by atoms with Crippen molar-refractivity contribution in [3.63, 3.8) is 0 Å². The lowest BCUT2D eigenvalue weighted by Crippen LogP contribution is -2.05. The fourth-order valence-electron chi connectivity index (χ4n) is 1.72. The summed E-state index contributed by atoms with van der Waals surface area (Å²) < 4.78 is 5.21. The molecule has 0 aromatic heterocycles. The van der Waals surface area contributed by atoms with E-state index in [4.69, 9.17) is 4.74 Å². The molecule has 2 rings (SSSR count). The number of carbonyl (C=O) groups excluding carboxylic acids is 1. The monoisotopic (exact) mass is 254 g/mol. The Bertz CT molecular complexity index is 544. The Morgan fingerprint density at radius 3 is 2.37 bits per heavy atom. The SMILES string of the molecule is C.C=CC(=O)Oc1ccccc1Cc1ccccc1. The van der Waals surface area contributed by atoms with Crippen molar-refractivity contribution in [3.05, 3.63) is 78.4 Å². The third kappa shape index (κ3) is 4.11. The summed E-state index contributed by atoms with van der Waals surface area (Å²) in [6.45, 7) is 3.40. The smallest absolute Gasteiger partial charge is 0.335 e. The zero-order valence-electron chi connectivity index (χ0n) is 10.0. The normalized spacial score (nSPS) is 9.26. The van der Waals surface area contributed by atoms with Crippen LogP contribution in [0.1, 0.15) is 18.6 Å². The van der Waals surface area contributed by atoms with Crippen LogP contribution in [0, 0.1) is 0 Å². The zero-order valence-corrected chi connectivity index (χ0v) is 10.0. The maximum absolute atomic E-state index is 11.2. The number of esters is 1. The van der Waals surface area contributed by atoms with Crippen molar-refractivity contribution in [3.8, 4) is 5.75 Å². The molecule has 0 bridgehead atoms. The molecule has 0 aliphatic heterocycles. The Morgan fingerprint density at radius 2 is 1.68 bits per heavy atom. The summed E-state index contributed by atoms with van der Waals surface area (Å²) in [5.41, 5.74) is 2.17. The Balaban J connectivity index is 0.00000180. The number of carbonyl (C=O) groups is 1. The summed E-state index contributed by atoms with van der Waals surface area (Å²) in [6.07, 6.45) is 1.90. The number of benzene rings is 2. The molecule has 0 saturated heterocycles. The molecule has 19 heavy (non-hydrogen) atoms. The molecule has 0 amide bonds. The van der Waals surface area contributed by atoms with E-state index in [2.05, 4.69) is 6.58 Å². The summed E-state index contributed by atoms with van der Waals surface area (Å²) in [5.74, 6) is 0.154. The molecule has 2 nitrogen and oxygen atoms in total. The van der Waals surface area contributed by atoms with Gasteiger partial charge in [0.1, 0.15) is 5.75 Å². The van der Waals surface area contributed by atoms with E-state index in [-0.39, 0.29) is 7.43 Å². The zero-order chi connectivity index (χ0) is 12.8. The van der Waals surface area contributed by atoms with E-state index in [1.165, 1.54) is 11.6 Å². The van der Waals surface area contributed by atoms with Crippen molar-refractivity contribution < 1.29 is 9.53 Å². The second-order valence-corrected chi connectivity index (χ2v) is 3.90.